The van der Waals surface area contributed by atoms with E-state index in [9.17, 15) is 22.8 Å². The second-order valence-electron chi connectivity index (χ2n) is 3.49. The van der Waals surface area contributed by atoms with Gasteiger partial charge in [-0.05, 0) is 19.4 Å². The molecule has 17 heavy (non-hydrogen) atoms. The molecule has 0 saturated heterocycles. The lowest BCUT2D eigenvalue weighted by Gasteiger charge is -2.08. The van der Waals surface area contributed by atoms with Crippen LogP contribution in [0, 0.1) is 0 Å². The van der Waals surface area contributed by atoms with Crippen molar-refractivity contribution in [2.45, 2.75) is 25.4 Å². The maximum absolute atomic E-state index is 11.7. The van der Waals surface area contributed by atoms with Gasteiger partial charge in [-0.25, -0.2) is 0 Å². The Morgan fingerprint density at radius 3 is 2.35 bits per heavy atom. The first-order chi connectivity index (χ1) is 7.81. The van der Waals surface area contributed by atoms with Gasteiger partial charge in [0.15, 0.2) is 0 Å². The SMILES string of the molecule is NC(=O)CCCCNCC(=O)NCC(F)(F)F. The van der Waals surface area contributed by atoms with E-state index in [1.807, 2.05) is 0 Å². The fourth-order valence-corrected chi connectivity index (χ4v) is 1.01. The van der Waals surface area contributed by atoms with Crippen LogP contribution < -0.4 is 16.4 Å². The number of nitrogens with one attached hydrogen (secondary N) is 2. The number of hydrogen-bond donors (Lipinski definition) is 3. The Balaban J connectivity index is 3.37. The van der Waals surface area contributed by atoms with E-state index in [1.165, 1.54) is 0 Å². The lowest BCUT2D eigenvalue weighted by atomic mass is 10.2. The summed E-state index contributed by atoms with van der Waals surface area (Å²) in [7, 11) is 0. The monoisotopic (exact) mass is 255 g/mol. The first-order valence-electron chi connectivity index (χ1n) is 5.14. The van der Waals surface area contributed by atoms with Crippen LogP contribution in [0.5, 0.6) is 0 Å². The highest BCUT2D eigenvalue weighted by Gasteiger charge is 2.27. The minimum absolute atomic E-state index is 0.174. The van der Waals surface area contributed by atoms with Gasteiger partial charge in [0.1, 0.15) is 6.54 Å². The molecule has 0 heterocycles. The van der Waals surface area contributed by atoms with Crippen molar-refractivity contribution in [2.75, 3.05) is 19.6 Å². The van der Waals surface area contributed by atoms with E-state index in [2.05, 4.69) is 5.32 Å². The first kappa shape index (κ1) is 15.7. The molecule has 0 aliphatic rings. The van der Waals surface area contributed by atoms with Gasteiger partial charge in [-0.15, -0.1) is 0 Å². The third-order valence-electron chi connectivity index (χ3n) is 1.80. The van der Waals surface area contributed by atoms with Crippen molar-refractivity contribution < 1.29 is 22.8 Å². The van der Waals surface area contributed by atoms with E-state index >= 15 is 0 Å². The molecular weight excluding hydrogens is 239 g/mol. The molecule has 0 spiro atoms. The topological polar surface area (TPSA) is 84.2 Å². The van der Waals surface area contributed by atoms with Crippen LogP contribution in [0.2, 0.25) is 0 Å². The molecule has 0 saturated carbocycles. The Morgan fingerprint density at radius 2 is 1.82 bits per heavy atom. The number of halogens is 3. The van der Waals surface area contributed by atoms with Crippen LogP contribution in [0.15, 0.2) is 0 Å². The molecule has 5 nitrogen and oxygen atoms in total. The molecule has 0 aliphatic carbocycles. The number of nitrogens with two attached hydrogens (primary N) is 1. The predicted octanol–water partition coefficient (Wildman–Crippen LogP) is -0.0899. The molecule has 0 unspecified atom stereocenters. The highest BCUT2D eigenvalue weighted by atomic mass is 19.4. The van der Waals surface area contributed by atoms with E-state index in [4.69, 9.17) is 5.73 Å². The summed E-state index contributed by atoms with van der Waals surface area (Å²) >= 11 is 0. The summed E-state index contributed by atoms with van der Waals surface area (Å²) in [6.07, 6.45) is -2.90. The van der Waals surface area contributed by atoms with Gasteiger partial charge < -0.3 is 16.4 Å². The quantitative estimate of drug-likeness (QED) is 0.530. The largest absolute Gasteiger partial charge is 0.405 e. The van der Waals surface area contributed by atoms with E-state index in [-0.39, 0.29) is 13.0 Å². The number of unbranched alkanes of at least 4 members (excludes halogenated alkanes) is 1. The summed E-state index contributed by atoms with van der Waals surface area (Å²) in [6.45, 7) is -1.05. The fourth-order valence-electron chi connectivity index (χ4n) is 1.01. The van der Waals surface area contributed by atoms with Gasteiger partial charge in [-0.2, -0.15) is 13.2 Å². The second-order valence-corrected chi connectivity index (χ2v) is 3.49. The third kappa shape index (κ3) is 12.6. The summed E-state index contributed by atoms with van der Waals surface area (Å²) in [4.78, 5) is 21.2. The molecule has 100 valence electrons. The summed E-state index contributed by atoms with van der Waals surface area (Å²) in [5, 5.41) is 4.39. The third-order valence-corrected chi connectivity index (χ3v) is 1.80. The van der Waals surface area contributed by atoms with Crippen LogP contribution in [0.3, 0.4) is 0 Å². The van der Waals surface area contributed by atoms with Crippen LogP contribution >= 0.6 is 0 Å². The molecule has 0 radical (unpaired) electrons. The lowest BCUT2D eigenvalue weighted by Crippen LogP contribution is -2.39. The Bertz CT molecular complexity index is 256. The number of hydrogen-bond acceptors (Lipinski definition) is 3. The molecule has 0 aromatic rings. The Kier molecular flexibility index (Phi) is 7.27. The van der Waals surface area contributed by atoms with E-state index in [0.717, 1.165) is 0 Å². The predicted molar refractivity (Wildman–Crippen MR) is 55.0 cm³/mol. The minimum atomic E-state index is -4.39. The van der Waals surface area contributed by atoms with Gasteiger partial charge in [0.25, 0.3) is 0 Å². The Labute approximate surface area is 96.9 Å². The maximum atomic E-state index is 11.7. The maximum Gasteiger partial charge on any atom is 0.405 e. The van der Waals surface area contributed by atoms with Crippen LogP contribution in [0.1, 0.15) is 19.3 Å². The van der Waals surface area contributed by atoms with Crippen LogP contribution in [0.4, 0.5) is 13.2 Å². The molecular formula is C9H16F3N3O2. The number of amides is 2. The molecule has 0 aliphatic heterocycles. The molecule has 0 fully saturated rings. The van der Waals surface area contributed by atoms with Crippen LogP contribution in [-0.2, 0) is 9.59 Å². The highest BCUT2D eigenvalue weighted by Crippen LogP contribution is 2.11. The Hall–Kier alpha value is -1.31. The van der Waals surface area contributed by atoms with E-state index in [0.29, 0.717) is 19.4 Å². The molecule has 0 aromatic carbocycles. The first-order valence-corrected chi connectivity index (χ1v) is 5.14. The van der Waals surface area contributed by atoms with Crippen molar-refractivity contribution >= 4 is 11.8 Å². The molecule has 0 rings (SSSR count). The number of rotatable bonds is 8. The summed E-state index contributed by atoms with van der Waals surface area (Å²) in [6, 6.07) is 0. The average molecular weight is 255 g/mol. The molecule has 4 N–H and O–H groups in total. The van der Waals surface area contributed by atoms with Crippen LogP contribution in [-0.4, -0.2) is 37.6 Å². The van der Waals surface area contributed by atoms with E-state index < -0.39 is 24.5 Å². The highest BCUT2D eigenvalue weighted by molar-refractivity contribution is 5.78. The summed E-state index contributed by atoms with van der Waals surface area (Å²) in [5.41, 5.74) is 4.91. The second kappa shape index (κ2) is 7.88. The van der Waals surface area contributed by atoms with Crippen molar-refractivity contribution in [3.63, 3.8) is 0 Å². The van der Waals surface area contributed by atoms with Crippen molar-refractivity contribution in [1.82, 2.24) is 10.6 Å². The van der Waals surface area contributed by atoms with Gasteiger partial charge in [0.2, 0.25) is 11.8 Å². The normalized spacial score (nSPS) is 11.2. The van der Waals surface area contributed by atoms with Crippen molar-refractivity contribution in [1.29, 1.82) is 0 Å². The molecule has 2 amide bonds. The molecule has 0 aromatic heterocycles. The van der Waals surface area contributed by atoms with Gasteiger partial charge in [-0.1, -0.05) is 0 Å². The van der Waals surface area contributed by atoms with Gasteiger partial charge in [0.05, 0.1) is 6.54 Å². The summed E-state index contributed by atoms with van der Waals surface area (Å²) in [5.74, 6) is -1.11. The van der Waals surface area contributed by atoms with Gasteiger partial charge in [0, 0.05) is 6.42 Å². The van der Waals surface area contributed by atoms with Crippen molar-refractivity contribution in [2.24, 2.45) is 5.73 Å². The van der Waals surface area contributed by atoms with Crippen molar-refractivity contribution in [3.8, 4) is 0 Å². The van der Waals surface area contributed by atoms with Crippen molar-refractivity contribution in [3.05, 3.63) is 0 Å². The number of carbonyl (C=O) groups excluding carboxylic acids is 2. The Morgan fingerprint density at radius 1 is 1.18 bits per heavy atom. The number of primary amides is 1. The van der Waals surface area contributed by atoms with E-state index in [1.54, 1.807) is 5.32 Å². The van der Waals surface area contributed by atoms with Gasteiger partial charge >= 0.3 is 6.18 Å². The smallest absolute Gasteiger partial charge is 0.370 e. The fraction of sp³-hybridized carbons (Fsp3) is 0.778. The zero-order chi connectivity index (χ0) is 13.3. The zero-order valence-electron chi connectivity index (χ0n) is 9.27. The van der Waals surface area contributed by atoms with Gasteiger partial charge in [-0.3, -0.25) is 9.59 Å². The lowest BCUT2D eigenvalue weighted by molar-refractivity contribution is -0.137. The zero-order valence-corrected chi connectivity index (χ0v) is 9.27. The summed E-state index contributed by atoms with van der Waals surface area (Å²) < 4.78 is 35.1. The minimum Gasteiger partial charge on any atom is -0.370 e. The number of carbonyl (C=O) groups is 2. The average Bonchev–Trinajstić information content (AvgIpc) is 2.19. The van der Waals surface area contributed by atoms with Crippen LogP contribution in [0.25, 0.3) is 0 Å². The molecule has 0 atom stereocenters. The molecule has 8 heteroatoms. The standard InChI is InChI=1S/C9H16F3N3O2/c10-9(11,12)6-15-8(17)5-14-4-2-1-3-7(13)16/h14H,1-6H2,(H2,13,16)(H,15,17). The molecule has 0 bridgehead atoms. The number of alkyl halides is 3.